The number of halogens is 1. The normalized spacial score (nSPS) is 11.7. The molecule has 3 aromatic carbocycles. The first-order valence-corrected chi connectivity index (χ1v) is 11.7. The highest BCUT2D eigenvalue weighted by molar-refractivity contribution is 7.91. The van der Waals surface area contributed by atoms with Gasteiger partial charge >= 0.3 is 0 Å². The maximum Gasteiger partial charge on any atom is 0.226 e. The largest absolute Gasteiger partial charge is 0.491 e. The van der Waals surface area contributed by atoms with Crippen molar-refractivity contribution < 1.29 is 13.2 Å². The molecule has 0 spiro atoms. The molecule has 0 aliphatic heterocycles. The van der Waals surface area contributed by atoms with Crippen molar-refractivity contribution in [3.63, 3.8) is 0 Å². The third kappa shape index (κ3) is 4.44. The predicted molar refractivity (Wildman–Crippen MR) is 121 cm³/mol. The summed E-state index contributed by atoms with van der Waals surface area (Å²) in [5, 5.41) is 5.64. The van der Waals surface area contributed by atoms with Crippen LogP contribution in [0, 0.1) is 0 Å². The Kier molecular flexibility index (Phi) is 6.27. The Bertz CT molecular complexity index is 1300. The van der Waals surface area contributed by atoms with E-state index in [1.807, 2.05) is 24.3 Å². The minimum atomic E-state index is -3.82. The third-order valence-corrected chi connectivity index (χ3v) is 6.77. The van der Waals surface area contributed by atoms with E-state index in [0.717, 1.165) is 5.56 Å². The van der Waals surface area contributed by atoms with Crippen LogP contribution in [0.15, 0.2) is 82.7 Å². The molecule has 6 nitrogen and oxygen atoms in total. The van der Waals surface area contributed by atoms with E-state index < -0.39 is 9.84 Å². The third-order valence-electron chi connectivity index (χ3n) is 4.83. The molecule has 4 aromatic rings. The van der Waals surface area contributed by atoms with E-state index >= 15 is 0 Å². The summed E-state index contributed by atoms with van der Waals surface area (Å²) in [7, 11) is -3.82. The second kappa shape index (κ2) is 9.09. The van der Waals surface area contributed by atoms with Crippen LogP contribution in [-0.4, -0.2) is 31.3 Å². The van der Waals surface area contributed by atoms with Crippen molar-refractivity contribution in [2.45, 2.75) is 22.9 Å². The molecular weight excluding hydrogens is 434 g/mol. The topological polar surface area (TPSA) is 87.2 Å². The maximum absolute atomic E-state index is 13.4. The standard InChI is InChI=1S/C23H22ClN3O3S/c24-18-8-4-7-17(15-18)16-27-22-20(11-5-12-21(22)30-14-6-13-25)23(26-27)31(28,29)19-9-2-1-3-10-19/h1-5,7-12,15H,6,13-14,16,25H2. The molecule has 2 N–H and O–H groups in total. The first-order valence-electron chi connectivity index (χ1n) is 9.87. The number of fused-ring (bicyclic) bond motifs is 1. The highest BCUT2D eigenvalue weighted by Crippen LogP contribution is 2.33. The lowest BCUT2D eigenvalue weighted by molar-refractivity contribution is 0.315. The van der Waals surface area contributed by atoms with Gasteiger partial charge < -0.3 is 10.5 Å². The van der Waals surface area contributed by atoms with Crippen molar-refractivity contribution in [2.24, 2.45) is 5.73 Å². The summed E-state index contributed by atoms with van der Waals surface area (Å²) in [6, 6.07) is 21.0. The van der Waals surface area contributed by atoms with Crippen molar-refractivity contribution in [2.75, 3.05) is 13.2 Å². The Morgan fingerprint density at radius 2 is 1.77 bits per heavy atom. The number of benzene rings is 3. The van der Waals surface area contributed by atoms with E-state index in [0.29, 0.717) is 47.8 Å². The van der Waals surface area contributed by atoms with E-state index in [9.17, 15) is 8.42 Å². The fourth-order valence-electron chi connectivity index (χ4n) is 3.39. The zero-order valence-corrected chi connectivity index (χ0v) is 18.3. The van der Waals surface area contributed by atoms with Crippen LogP contribution in [0.3, 0.4) is 0 Å². The van der Waals surface area contributed by atoms with Gasteiger partial charge in [-0.1, -0.05) is 48.0 Å². The molecule has 0 radical (unpaired) electrons. The Labute approximate surface area is 186 Å². The number of para-hydroxylation sites is 1. The second-order valence-corrected chi connectivity index (χ2v) is 9.35. The molecule has 0 atom stereocenters. The molecular formula is C23H22ClN3O3S. The Hall–Kier alpha value is -2.87. The number of ether oxygens (including phenoxy) is 1. The first kappa shape index (κ1) is 21.4. The molecule has 160 valence electrons. The number of rotatable bonds is 8. The lowest BCUT2D eigenvalue weighted by atomic mass is 10.2. The number of nitrogens with zero attached hydrogens (tertiary/aromatic N) is 2. The van der Waals surface area contributed by atoms with Gasteiger partial charge in [-0.2, -0.15) is 5.10 Å². The predicted octanol–water partition coefficient (Wildman–Crippen LogP) is 4.30. The first-order chi connectivity index (χ1) is 15.0. The van der Waals surface area contributed by atoms with E-state index in [1.54, 1.807) is 53.2 Å². The van der Waals surface area contributed by atoms with Crippen molar-refractivity contribution in [1.82, 2.24) is 9.78 Å². The summed E-state index contributed by atoms with van der Waals surface area (Å²) in [6.45, 7) is 1.28. The number of hydrogen-bond acceptors (Lipinski definition) is 5. The van der Waals surface area contributed by atoms with Gasteiger partial charge in [-0.25, -0.2) is 8.42 Å². The molecule has 1 heterocycles. The average molecular weight is 456 g/mol. The number of aromatic nitrogens is 2. The number of hydrogen-bond donors (Lipinski definition) is 1. The van der Waals surface area contributed by atoms with E-state index in [2.05, 4.69) is 5.10 Å². The van der Waals surface area contributed by atoms with Gasteiger partial charge in [0.05, 0.1) is 18.0 Å². The van der Waals surface area contributed by atoms with Crippen LogP contribution >= 0.6 is 11.6 Å². The minimum absolute atomic E-state index is 0.00000270. The fraction of sp³-hybridized carbons (Fsp3) is 0.174. The van der Waals surface area contributed by atoms with Crippen LogP contribution in [0.25, 0.3) is 10.9 Å². The Balaban J connectivity index is 1.89. The molecule has 31 heavy (non-hydrogen) atoms. The smallest absolute Gasteiger partial charge is 0.226 e. The van der Waals surface area contributed by atoms with E-state index in [-0.39, 0.29) is 9.92 Å². The highest BCUT2D eigenvalue weighted by Gasteiger charge is 2.27. The van der Waals surface area contributed by atoms with Gasteiger partial charge in [-0.15, -0.1) is 0 Å². The molecule has 1 aromatic heterocycles. The van der Waals surface area contributed by atoms with Gasteiger partial charge in [0.2, 0.25) is 9.84 Å². The van der Waals surface area contributed by atoms with Crippen LogP contribution in [0.5, 0.6) is 5.75 Å². The van der Waals surface area contributed by atoms with Crippen molar-refractivity contribution in [3.8, 4) is 5.75 Å². The van der Waals surface area contributed by atoms with E-state index in [4.69, 9.17) is 22.1 Å². The zero-order valence-electron chi connectivity index (χ0n) is 16.7. The van der Waals surface area contributed by atoms with Gasteiger partial charge in [0.1, 0.15) is 11.3 Å². The summed E-state index contributed by atoms with van der Waals surface area (Å²) in [6.07, 6.45) is 0.688. The van der Waals surface area contributed by atoms with Crippen LogP contribution in [-0.2, 0) is 16.4 Å². The summed E-state index contributed by atoms with van der Waals surface area (Å²) in [5.74, 6) is 0.565. The highest BCUT2D eigenvalue weighted by atomic mass is 35.5. The van der Waals surface area contributed by atoms with Crippen molar-refractivity contribution >= 4 is 32.3 Å². The molecule has 0 unspecified atom stereocenters. The monoisotopic (exact) mass is 455 g/mol. The molecule has 8 heteroatoms. The van der Waals surface area contributed by atoms with Gasteiger partial charge in [0, 0.05) is 10.4 Å². The molecule has 0 saturated carbocycles. The van der Waals surface area contributed by atoms with Gasteiger partial charge in [-0.3, -0.25) is 4.68 Å². The van der Waals surface area contributed by atoms with Crippen molar-refractivity contribution in [1.29, 1.82) is 0 Å². The van der Waals surface area contributed by atoms with Crippen molar-refractivity contribution in [3.05, 3.63) is 83.4 Å². The number of sulfone groups is 1. The minimum Gasteiger partial charge on any atom is -0.491 e. The summed E-state index contributed by atoms with van der Waals surface area (Å²) >= 11 is 6.14. The summed E-state index contributed by atoms with van der Waals surface area (Å²) in [5.41, 5.74) is 7.11. The molecule has 0 saturated heterocycles. The molecule has 0 fully saturated rings. The SMILES string of the molecule is NCCCOc1cccc2c(S(=O)(=O)c3ccccc3)nn(Cc3cccc(Cl)c3)c12. The Morgan fingerprint density at radius 3 is 2.52 bits per heavy atom. The second-order valence-electron chi connectivity index (χ2n) is 7.05. The molecule has 0 bridgehead atoms. The fourth-order valence-corrected chi connectivity index (χ4v) is 5.00. The van der Waals surface area contributed by atoms with Gasteiger partial charge in [-0.05, 0) is 54.9 Å². The van der Waals surface area contributed by atoms with Crippen LogP contribution in [0.4, 0.5) is 0 Å². The average Bonchev–Trinajstić information content (AvgIpc) is 3.15. The number of nitrogens with two attached hydrogens (primary N) is 1. The lowest BCUT2D eigenvalue weighted by Gasteiger charge is -2.10. The molecule has 4 rings (SSSR count). The molecule has 0 amide bonds. The van der Waals surface area contributed by atoms with Gasteiger partial charge in [0.25, 0.3) is 0 Å². The molecule has 0 aliphatic rings. The summed E-state index contributed by atoms with van der Waals surface area (Å²) in [4.78, 5) is 0.193. The van der Waals surface area contributed by atoms with Crippen LogP contribution in [0.2, 0.25) is 5.02 Å². The zero-order chi connectivity index (χ0) is 21.8. The lowest BCUT2D eigenvalue weighted by Crippen LogP contribution is -2.08. The summed E-state index contributed by atoms with van der Waals surface area (Å²) < 4.78 is 34.4. The maximum atomic E-state index is 13.4. The van der Waals surface area contributed by atoms with E-state index in [1.165, 1.54) is 0 Å². The molecule has 0 aliphatic carbocycles. The van der Waals surface area contributed by atoms with Crippen LogP contribution < -0.4 is 10.5 Å². The Morgan fingerprint density at radius 1 is 1.00 bits per heavy atom. The van der Waals surface area contributed by atoms with Crippen LogP contribution in [0.1, 0.15) is 12.0 Å². The van der Waals surface area contributed by atoms with Gasteiger partial charge in [0.15, 0.2) is 5.03 Å². The quantitative estimate of drug-likeness (QED) is 0.400.